The number of rotatable bonds is 4. The SMILES string of the molecule is O=C(O)[C@H]1C[C@@H](O)CN1C(=O)N1CCCC1CCCO. The average Bonchev–Trinajstić information content (AvgIpc) is 3.01. The molecule has 114 valence electrons. The van der Waals surface area contributed by atoms with Crippen molar-refractivity contribution in [3.05, 3.63) is 0 Å². The van der Waals surface area contributed by atoms with E-state index in [0.717, 1.165) is 19.3 Å². The van der Waals surface area contributed by atoms with Gasteiger partial charge in [-0.15, -0.1) is 0 Å². The van der Waals surface area contributed by atoms with Crippen LogP contribution in [0.3, 0.4) is 0 Å². The normalized spacial score (nSPS) is 30.0. The number of likely N-dealkylation sites (tertiary alicyclic amines) is 2. The lowest BCUT2D eigenvalue weighted by Gasteiger charge is -2.31. The molecule has 7 heteroatoms. The average molecular weight is 286 g/mol. The highest BCUT2D eigenvalue weighted by molar-refractivity contribution is 5.83. The first-order valence-electron chi connectivity index (χ1n) is 7.13. The third-order valence-corrected chi connectivity index (χ3v) is 4.13. The molecule has 0 aliphatic carbocycles. The molecule has 7 nitrogen and oxygen atoms in total. The third-order valence-electron chi connectivity index (χ3n) is 4.13. The Hall–Kier alpha value is -1.34. The van der Waals surface area contributed by atoms with Crippen LogP contribution in [0.5, 0.6) is 0 Å². The summed E-state index contributed by atoms with van der Waals surface area (Å²) >= 11 is 0. The number of urea groups is 1. The summed E-state index contributed by atoms with van der Waals surface area (Å²) in [6.45, 7) is 0.797. The van der Waals surface area contributed by atoms with Gasteiger partial charge in [-0.3, -0.25) is 0 Å². The molecule has 2 heterocycles. The molecule has 2 rings (SSSR count). The second-order valence-electron chi connectivity index (χ2n) is 5.53. The van der Waals surface area contributed by atoms with E-state index in [-0.39, 0.29) is 31.6 Å². The van der Waals surface area contributed by atoms with Crippen LogP contribution >= 0.6 is 0 Å². The van der Waals surface area contributed by atoms with Crippen LogP contribution in [0.1, 0.15) is 32.1 Å². The van der Waals surface area contributed by atoms with E-state index < -0.39 is 18.1 Å². The van der Waals surface area contributed by atoms with Gasteiger partial charge >= 0.3 is 12.0 Å². The van der Waals surface area contributed by atoms with Crippen molar-refractivity contribution >= 4 is 12.0 Å². The Morgan fingerprint density at radius 3 is 2.65 bits per heavy atom. The summed E-state index contributed by atoms with van der Waals surface area (Å²) in [5.41, 5.74) is 0. The number of aliphatic hydroxyl groups excluding tert-OH is 2. The zero-order valence-corrected chi connectivity index (χ0v) is 11.4. The van der Waals surface area contributed by atoms with Crippen LogP contribution in [-0.2, 0) is 4.79 Å². The monoisotopic (exact) mass is 286 g/mol. The van der Waals surface area contributed by atoms with Gasteiger partial charge in [0.25, 0.3) is 0 Å². The van der Waals surface area contributed by atoms with E-state index in [2.05, 4.69) is 0 Å². The molecule has 0 spiro atoms. The van der Waals surface area contributed by atoms with E-state index in [9.17, 15) is 14.7 Å². The summed E-state index contributed by atoms with van der Waals surface area (Å²) in [6, 6.07) is -1.16. The molecule has 0 aromatic carbocycles. The van der Waals surface area contributed by atoms with Crippen molar-refractivity contribution in [3.8, 4) is 0 Å². The molecule has 20 heavy (non-hydrogen) atoms. The van der Waals surface area contributed by atoms with E-state index in [1.54, 1.807) is 4.90 Å². The molecule has 0 bridgehead atoms. The summed E-state index contributed by atoms with van der Waals surface area (Å²) in [7, 11) is 0. The zero-order valence-electron chi connectivity index (χ0n) is 11.4. The van der Waals surface area contributed by atoms with Crippen molar-refractivity contribution in [2.45, 2.75) is 50.3 Å². The lowest BCUT2D eigenvalue weighted by molar-refractivity contribution is -0.141. The van der Waals surface area contributed by atoms with Crippen molar-refractivity contribution in [2.75, 3.05) is 19.7 Å². The topological polar surface area (TPSA) is 101 Å². The second-order valence-corrected chi connectivity index (χ2v) is 5.53. The fraction of sp³-hybridized carbons (Fsp3) is 0.846. The Kier molecular flexibility index (Phi) is 4.82. The first-order valence-corrected chi connectivity index (χ1v) is 7.13. The third kappa shape index (κ3) is 3.04. The van der Waals surface area contributed by atoms with Crippen LogP contribution in [0, 0.1) is 0 Å². The molecule has 2 aliphatic rings. The molecule has 3 N–H and O–H groups in total. The first-order chi connectivity index (χ1) is 9.54. The molecular formula is C13H22N2O5. The van der Waals surface area contributed by atoms with Crippen LogP contribution < -0.4 is 0 Å². The summed E-state index contributed by atoms with van der Waals surface area (Å²) in [6.07, 6.45) is 2.49. The number of aliphatic carboxylic acids is 1. The van der Waals surface area contributed by atoms with Gasteiger partial charge in [-0.1, -0.05) is 0 Å². The highest BCUT2D eigenvalue weighted by atomic mass is 16.4. The highest BCUT2D eigenvalue weighted by Crippen LogP contribution is 2.26. The van der Waals surface area contributed by atoms with Crippen LogP contribution in [0.4, 0.5) is 4.79 Å². The maximum Gasteiger partial charge on any atom is 0.326 e. The van der Waals surface area contributed by atoms with E-state index >= 15 is 0 Å². The van der Waals surface area contributed by atoms with Crippen molar-refractivity contribution in [1.82, 2.24) is 9.80 Å². The van der Waals surface area contributed by atoms with Crippen LogP contribution in [0.2, 0.25) is 0 Å². The molecule has 0 aromatic rings. The number of hydrogen-bond donors (Lipinski definition) is 3. The Balaban J connectivity index is 2.03. The summed E-state index contributed by atoms with van der Waals surface area (Å²) in [5, 5.41) is 27.6. The fourth-order valence-corrected chi connectivity index (χ4v) is 3.14. The van der Waals surface area contributed by atoms with Gasteiger partial charge in [-0.2, -0.15) is 0 Å². The van der Waals surface area contributed by atoms with Gasteiger partial charge in [0, 0.05) is 32.2 Å². The number of carboxylic acids is 1. The molecule has 0 radical (unpaired) electrons. The number of β-amino-alcohol motifs (C(OH)–C–C–N with tert-alkyl or cyclic N) is 1. The van der Waals surface area contributed by atoms with Crippen molar-refractivity contribution in [1.29, 1.82) is 0 Å². The van der Waals surface area contributed by atoms with Crippen LogP contribution in [0.15, 0.2) is 0 Å². The number of nitrogens with zero attached hydrogens (tertiary/aromatic N) is 2. The van der Waals surface area contributed by atoms with Crippen molar-refractivity contribution in [3.63, 3.8) is 0 Å². The predicted octanol–water partition coefficient (Wildman–Crippen LogP) is -0.137. The Labute approximate surface area is 117 Å². The maximum absolute atomic E-state index is 12.5. The smallest absolute Gasteiger partial charge is 0.326 e. The minimum atomic E-state index is -1.07. The van der Waals surface area contributed by atoms with E-state index in [0.29, 0.717) is 13.0 Å². The number of carbonyl (C=O) groups is 2. The zero-order chi connectivity index (χ0) is 14.7. The van der Waals surface area contributed by atoms with Gasteiger partial charge in [-0.05, 0) is 25.7 Å². The van der Waals surface area contributed by atoms with Gasteiger partial charge in [0.05, 0.1) is 6.10 Å². The Morgan fingerprint density at radius 1 is 1.25 bits per heavy atom. The second kappa shape index (κ2) is 6.41. The molecule has 2 fully saturated rings. The van der Waals surface area contributed by atoms with Crippen LogP contribution in [-0.4, -0.2) is 75.0 Å². The van der Waals surface area contributed by atoms with E-state index in [1.807, 2.05) is 0 Å². The van der Waals surface area contributed by atoms with Gasteiger partial charge in [0.15, 0.2) is 0 Å². The molecular weight excluding hydrogens is 264 g/mol. The molecule has 2 saturated heterocycles. The van der Waals surface area contributed by atoms with Gasteiger partial charge in [-0.25, -0.2) is 9.59 Å². The summed E-state index contributed by atoms with van der Waals surface area (Å²) < 4.78 is 0. The number of carboxylic acid groups (broad SMARTS) is 1. The van der Waals surface area contributed by atoms with Crippen molar-refractivity contribution in [2.24, 2.45) is 0 Å². The number of hydrogen-bond acceptors (Lipinski definition) is 4. The molecule has 2 aliphatic heterocycles. The van der Waals surface area contributed by atoms with Gasteiger partial charge in [0.1, 0.15) is 6.04 Å². The largest absolute Gasteiger partial charge is 0.480 e. The van der Waals surface area contributed by atoms with Crippen LogP contribution in [0.25, 0.3) is 0 Å². The Bertz CT molecular complexity index is 376. The standard InChI is InChI=1S/C13H22N2O5/c16-6-2-4-9-3-1-5-14(9)13(20)15-8-10(17)7-11(15)12(18)19/h9-11,16-17H,1-8H2,(H,18,19)/t9?,10-,11-/m1/s1. The lowest BCUT2D eigenvalue weighted by Crippen LogP contribution is -2.49. The summed E-state index contributed by atoms with van der Waals surface area (Å²) in [5.74, 6) is -1.07. The number of aliphatic hydroxyl groups is 2. The van der Waals surface area contributed by atoms with E-state index in [4.69, 9.17) is 10.2 Å². The molecule has 0 aromatic heterocycles. The quantitative estimate of drug-likeness (QED) is 0.668. The van der Waals surface area contributed by atoms with E-state index in [1.165, 1.54) is 4.90 Å². The molecule has 2 amide bonds. The van der Waals surface area contributed by atoms with Crippen molar-refractivity contribution < 1.29 is 24.9 Å². The highest BCUT2D eigenvalue weighted by Gasteiger charge is 2.42. The number of amides is 2. The minimum absolute atomic E-state index is 0.0711. The maximum atomic E-state index is 12.5. The molecule has 3 atom stereocenters. The Morgan fingerprint density at radius 2 is 2.00 bits per heavy atom. The minimum Gasteiger partial charge on any atom is -0.480 e. The summed E-state index contributed by atoms with van der Waals surface area (Å²) in [4.78, 5) is 26.6. The first kappa shape index (κ1) is 15.1. The molecule has 0 saturated carbocycles. The van der Waals surface area contributed by atoms with Gasteiger partial charge < -0.3 is 25.1 Å². The fourth-order valence-electron chi connectivity index (χ4n) is 3.14. The molecule has 1 unspecified atom stereocenters. The van der Waals surface area contributed by atoms with Gasteiger partial charge in [0.2, 0.25) is 0 Å². The predicted molar refractivity (Wildman–Crippen MR) is 70.2 cm³/mol. The lowest BCUT2D eigenvalue weighted by atomic mass is 10.1. The number of carbonyl (C=O) groups excluding carboxylic acids is 1.